The van der Waals surface area contributed by atoms with Gasteiger partial charge in [0.1, 0.15) is 5.58 Å². The third-order valence-corrected chi connectivity index (χ3v) is 2.90. The fourth-order valence-electron chi connectivity index (χ4n) is 1.97. The van der Waals surface area contributed by atoms with Crippen LogP contribution in [0.3, 0.4) is 0 Å². The molecular weight excluding hydrogens is 222 g/mol. The Hall–Kier alpha value is -1.67. The first-order chi connectivity index (χ1) is 7.77. The normalized spacial score (nSPS) is 11.1. The fourth-order valence-corrected chi connectivity index (χ4v) is 2.11. The van der Waals surface area contributed by atoms with Crippen molar-refractivity contribution >= 4 is 39.4 Å². The lowest BCUT2D eigenvalue weighted by Gasteiger charge is -2.08. The van der Waals surface area contributed by atoms with Crippen molar-refractivity contribution in [3.8, 4) is 0 Å². The van der Waals surface area contributed by atoms with Crippen LogP contribution in [0.2, 0.25) is 0 Å². The quantitative estimate of drug-likeness (QED) is 0.585. The van der Waals surface area contributed by atoms with E-state index in [1.807, 2.05) is 36.4 Å². The molecule has 0 bridgehead atoms. The van der Waals surface area contributed by atoms with Crippen molar-refractivity contribution in [1.29, 1.82) is 0 Å². The van der Waals surface area contributed by atoms with Gasteiger partial charge in [0.05, 0.1) is 5.69 Å². The number of furan rings is 1. The van der Waals surface area contributed by atoms with Gasteiger partial charge in [-0.3, -0.25) is 4.42 Å². The largest absolute Gasteiger partial charge is 0.454 e. The van der Waals surface area contributed by atoms with Gasteiger partial charge >= 0.3 is 0 Å². The van der Waals surface area contributed by atoms with Crippen LogP contribution in [-0.4, -0.2) is 7.05 Å². The van der Waals surface area contributed by atoms with E-state index in [1.54, 1.807) is 11.5 Å². The maximum Gasteiger partial charge on any atom is 0.159 e. The number of nitrogens with zero attached hydrogens (tertiary/aromatic N) is 1. The number of rotatable bonds is 1. The average Bonchev–Trinajstić information content (AvgIpc) is 2.67. The number of hydrogen-bond donors (Lipinski definition) is 0. The Balaban J connectivity index is 2.49. The lowest BCUT2D eigenvalue weighted by molar-refractivity contribution is 0.669. The molecule has 80 valence electrons. The highest BCUT2D eigenvalue weighted by atomic mass is 35.5. The minimum absolute atomic E-state index is 0.834. The van der Waals surface area contributed by atoms with Crippen LogP contribution in [0.15, 0.2) is 46.9 Å². The molecule has 0 atom stereocenters. The first kappa shape index (κ1) is 9.55. The minimum Gasteiger partial charge on any atom is -0.454 e. The van der Waals surface area contributed by atoms with Gasteiger partial charge in [-0.1, -0.05) is 30.3 Å². The van der Waals surface area contributed by atoms with Crippen molar-refractivity contribution in [2.24, 2.45) is 0 Å². The Kier molecular flexibility index (Phi) is 2.04. The summed E-state index contributed by atoms with van der Waals surface area (Å²) in [5, 5.41) is 2.22. The topological polar surface area (TPSA) is 16.4 Å². The van der Waals surface area contributed by atoms with Gasteiger partial charge in [-0.15, -0.1) is 0 Å². The van der Waals surface area contributed by atoms with Crippen LogP contribution in [0.1, 0.15) is 0 Å². The zero-order valence-electron chi connectivity index (χ0n) is 8.77. The van der Waals surface area contributed by atoms with Crippen molar-refractivity contribution in [2.45, 2.75) is 0 Å². The zero-order chi connectivity index (χ0) is 11.1. The van der Waals surface area contributed by atoms with E-state index in [9.17, 15) is 0 Å². The van der Waals surface area contributed by atoms with Gasteiger partial charge in [-0.2, -0.15) is 0 Å². The molecule has 1 aromatic heterocycles. The molecule has 3 aromatic rings. The number of fused-ring (bicyclic) bond motifs is 3. The smallest absolute Gasteiger partial charge is 0.159 e. The highest BCUT2D eigenvalue weighted by Gasteiger charge is 2.11. The zero-order valence-corrected chi connectivity index (χ0v) is 9.53. The molecule has 3 heteroatoms. The Bertz CT molecular complexity index is 657. The van der Waals surface area contributed by atoms with Gasteiger partial charge in [0, 0.05) is 29.6 Å². The molecule has 0 unspecified atom stereocenters. The molecule has 0 aliphatic heterocycles. The Labute approximate surface area is 98.1 Å². The molecule has 0 saturated carbocycles. The van der Waals surface area contributed by atoms with Crippen molar-refractivity contribution in [1.82, 2.24) is 0 Å². The summed E-state index contributed by atoms with van der Waals surface area (Å²) in [5.41, 5.74) is 2.61. The first-order valence-electron chi connectivity index (χ1n) is 5.07. The van der Waals surface area contributed by atoms with Crippen LogP contribution in [0.5, 0.6) is 0 Å². The van der Waals surface area contributed by atoms with Gasteiger partial charge in [0.15, 0.2) is 5.58 Å². The molecule has 0 spiro atoms. The van der Waals surface area contributed by atoms with E-state index in [0.717, 1.165) is 27.6 Å². The van der Waals surface area contributed by atoms with Gasteiger partial charge in [0.25, 0.3) is 0 Å². The third kappa shape index (κ3) is 1.27. The lowest BCUT2D eigenvalue weighted by atomic mass is 10.1. The van der Waals surface area contributed by atoms with Crippen molar-refractivity contribution in [3.05, 3.63) is 42.5 Å². The highest BCUT2D eigenvalue weighted by molar-refractivity contribution is 6.27. The number of halogens is 1. The second-order valence-corrected chi connectivity index (χ2v) is 4.24. The molecular formula is C13H10ClNO. The van der Waals surface area contributed by atoms with Crippen LogP contribution >= 0.6 is 11.8 Å². The summed E-state index contributed by atoms with van der Waals surface area (Å²) in [7, 11) is 1.80. The number of para-hydroxylation sites is 2. The maximum atomic E-state index is 5.98. The molecule has 3 rings (SSSR count). The second kappa shape index (κ2) is 3.42. The molecule has 16 heavy (non-hydrogen) atoms. The summed E-state index contributed by atoms with van der Waals surface area (Å²) in [5.74, 6) is 0. The van der Waals surface area contributed by atoms with Crippen LogP contribution in [-0.2, 0) is 0 Å². The Morgan fingerprint density at radius 2 is 1.75 bits per heavy atom. The van der Waals surface area contributed by atoms with Crippen LogP contribution < -0.4 is 4.42 Å². The number of anilines is 1. The van der Waals surface area contributed by atoms with E-state index in [-0.39, 0.29) is 0 Å². The Morgan fingerprint density at radius 3 is 2.56 bits per heavy atom. The summed E-state index contributed by atoms with van der Waals surface area (Å²) >= 11 is 5.98. The van der Waals surface area contributed by atoms with E-state index in [2.05, 4.69) is 6.07 Å². The molecule has 1 heterocycles. The summed E-state index contributed by atoms with van der Waals surface area (Å²) in [6, 6.07) is 14.0. The van der Waals surface area contributed by atoms with E-state index in [4.69, 9.17) is 16.2 Å². The standard InChI is InChI=1S/C13H10ClNO/c1-15(14)11-7-4-6-10-9-5-2-3-8-12(9)16-13(10)11/h2-8H,1H3. The van der Waals surface area contributed by atoms with E-state index < -0.39 is 0 Å². The first-order valence-corrected chi connectivity index (χ1v) is 5.41. The van der Waals surface area contributed by atoms with Crippen LogP contribution in [0.25, 0.3) is 21.9 Å². The average molecular weight is 232 g/mol. The molecule has 0 radical (unpaired) electrons. The van der Waals surface area contributed by atoms with Crippen LogP contribution in [0.4, 0.5) is 5.69 Å². The van der Waals surface area contributed by atoms with Crippen molar-refractivity contribution < 1.29 is 4.42 Å². The minimum atomic E-state index is 0.834. The summed E-state index contributed by atoms with van der Waals surface area (Å²) < 4.78 is 7.37. The second-order valence-electron chi connectivity index (χ2n) is 3.73. The van der Waals surface area contributed by atoms with Gasteiger partial charge in [-0.25, -0.2) is 0 Å². The summed E-state index contributed by atoms with van der Waals surface area (Å²) in [6.07, 6.45) is 0. The predicted octanol–water partition coefficient (Wildman–Crippen LogP) is 4.18. The Morgan fingerprint density at radius 1 is 1.00 bits per heavy atom. The fraction of sp³-hybridized carbons (Fsp3) is 0.0769. The SMILES string of the molecule is CN(Cl)c1cccc2c1oc1ccccc12. The number of benzene rings is 2. The van der Waals surface area contributed by atoms with E-state index in [1.165, 1.54) is 0 Å². The summed E-state index contributed by atoms with van der Waals surface area (Å²) in [6.45, 7) is 0. The molecule has 0 aliphatic rings. The van der Waals surface area contributed by atoms with Gasteiger partial charge in [-0.05, 0) is 12.1 Å². The van der Waals surface area contributed by atoms with Crippen LogP contribution in [0, 0.1) is 0 Å². The molecule has 0 amide bonds. The van der Waals surface area contributed by atoms with Crippen molar-refractivity contribution in [2.75, 3.05) is 11.5 Å². The predicted molar refractivity (Wildman–Crippen MR) is 68.0 cm³/mol. The molecule has 0 saturated heterocycles. The van der Waals surface area contributed by atoms with Gasteiger partial charge in [0.2, 0.25) is 0 Å². The lowest BCUT2D eigenvalue weighted by Crippen LogP contribution is -1.99. The molecule has 0 fully saturated rings. The van der Waals surface area contributed by atoms with Crippen molar-refractivity contribution in [3.63, 3.8) is 0 Å². The molecule has 2 aromatic carbocycles. The molecule has 0 N–H and O–H groups in total. The maximum absolute atomic E-state index is 5.98. The number of hydrogen-bond acceptors (Lipinski definition) is 2. The third-order valence-electron chi connectivity index (χ3n) is 2.72. The molecule has 0 aliphatic carbocycles. The van der Waals surface area contributed by atoms with E-state index >= 15 is 0 Å². The van der Waals surface area contributed by atoms with Gasteiger partial charge < -0.3 is 4.42 Å². The highest BCUT2D eigenvalue weighted by Crippen LogP contribution is 2.34. The summed E-state index contributed by atoms with van der Waals surface area (Å²) in [4.78, 5) is 0. The van der Waals surface area contributed by atoms with E-state index in [0.29, 0.717) is 0 Å². The molecule has 2 nitrogen and oxygen atoms in total. The monoisotopic (exact) mass is 231 g/mol.